The molecule has 0 bridgehead atoms. The number of hydrogen-bond acceptors (Lipinski definition) is 1. The van der Waals surface area contributed by atoms with Crippen LogP contribution in [0.3, 0.4) is 0 Å². The quantitative estimate of drug-likeness (QED) is 0.443. The molecule has 0 radical (unpaired) electrons. The summed E-state index contributed by atoms with van der Waals surface area (Å²) < 4.78 is 0. The Balaban J connectivity index is 1.54. The fraction of sp³-hybridized carbons (Fsp3) is 0.893. The van der Waals surface area contributed by atoms with Gasteiger partial charge in [-0.3, -0.25) is 4.79 Å². The van der Waals surface area contributed by atoms with Crippen LogP contribution in [0.15, 0.2) is 12.2 Å². The van der Waals surface area contributed by atoms with Crippen molar-refractivity contribution in [3.05, 3.63) is 12.2 Å². The van der Waals surface area contributed by atoms with Crippen LogP contribution in [-0.4, -0.2) is 5.78 Å². The topological polar surface area (TPSA) is 17.1 Å². The fourth-order valence-electron chi connectivity index (χ4n) is 8.71. The average Bonchev–Trinajstić information content (AvgIpc) is 3.03. The molecule has 0 aromatic carbocycles. The van der Waals surface area contributed by atoms with Crippen LogP contribution in [0.25, 0.3) is 0 Å². The number of carbonyl (C=O) groups is 1. The van der Waals surface area contributed by atoms with Crippen LogP contribution in [0.1, 0.15) is 99.3 Å². The Kier molecular flexibility index (Phi) is 5.84. The van der Waals surface area contributed by atoms with Crippen molar-refractivity contribution >= 4 is 5.78 Å². The zero-order valence-corrected chi connectivity index (χ0v) is 20.0. The van der Waals surface area contributed by atoms with E-state index >= 15 is 0 Å². The molecule has 1 nitrogen and oxygen atoms in total. The molecule has 29 heavy (non-hydrogen) atoms. The summed E-state index contributed by atoms with van der Waals surface area (Å²) in [5.41, 5.74) is 0.764. The summed E-state index contributed by atoms with van der Waals surface area (Å²) in [4.78, 5) is 13.2. The van der Waals surface area contributed by atoms with Gasteiger partial charge in [-0.1, -0.05) is 66.5 Å². The van der Waals surface area contributed by atoms with Gasteiger partial charge in [0.15, 0.2) is 0 Å². The number of rotatable bonds is 4. The van der Waals surface area contributed by atoms with Crippen molar-refractivity contribution in [1.29, 1.82) is 0 Å². The maximum absolute atomic E-state index is 13.2. The van der Waals surface area contributed by atoms with Crippen molar-refractivity contribution in [2.75, 3.05) is 0 Å². The van der Waals surface area contributed by atoms with Gasteiger partial charge in [0.25, 0.3) is 0 Å². The molecule has 4 fully saturated rings. The molecule has 0 saturated heterocycles. The normalized spacial score (nSPS) is 47.0. The first-order chi connectivity index (χ1) is 13.7. The summed E-state index contributed by atoms with van der Waals surface area (Å²) in [6.07, 6.45) is 16.6. The number of allylic oxidation sites excluding steroid dienone is 2. The van der Waals surface area contributed by atoms with Crippen LogP contribution in [0.5, 0.6) is 0 Å². The van der Waals surface area contributed by atoms with Gasteiger partial charge in [0.1, 0.15) is 5.78 Å². The molecule has 4 aliphatic rings. The number of hydrogen-bond donors (Lipinski definition) is 0. The van der Waals surface area contributed by atoms with E-state index in [4.69, 9.17) is 0 Å². The van der Waals surface area contributed by atoms with Crippen molar-refractivity contribution in [1.82, 2.24) is 0 Å². The first-order valence-corrected chi connectivity index (χ1v) is 12.9. The third kappa shape index (κ3) is 3.47. The van der Waals surface area contributed by atoms with Crippen molar-refractivity contribution in [2.45, 2.75) is 99.3 Å². The van der Waals surface area contributed by atoms with Crippen molar-refractivity contribution in [2.24, 2.45) is 58.2 Å². The molecular weight excluding hydrogens is 352 g/mol. The van der Waals surface area contributed by atoms with E-state index in [2.05, 4.69) is 53.7 Å². The highest BCUT2D eigenvalue weighted by atomic mass is 16.1. The summed E-state index contributed by atoms with van der Waals surface area (Å²) in [5.74, 6) is 6.16. The third-order valence-corrected chi connectivity index (χ3v) is 10.8. The number of fused-ring (bicyclic) bond motifs is 5. The predicted octanol–water partition coefficient (Wildman–Crippen LogP) is 7.70. The molecule has 164 valence electrons. The van der Waals surface area contributed by atoms with Crippen LogP contribution in [0, 0.1) is 58.2 Å². The molecule has 0 aliphatic heterocycles. The zero-order chi connectivity index (χ0) is 21.0. The average molecular weight is 399 g/mol. The van der Waals surface area contributed by atoms with Gasteiger partial charge in [0.2, 0.25) is 0 Å². The van der Waals surface area contributed by atoms with Gasteiger partial charge in [-0.2, -0.15) is 0 Å². The lowest BCUT2D eigenvalue weighted by molar-refractivity contribution is -0.154. The van der Waals surface area contributed by atoms with Crippen molar-refractivity contribution in [3.63, 3.8) is 0 Å². The second kappa shape index (κ2) is 7.83. The number of ketones is 1. The number of Topliss-reactive ketones (excluding diaryl/α,β-unsaturated/α-hetero) is 1. The molecule has 1 heteroatoms. The molecule has 9 atom stereocenters. The minimum Gasteiger partial charge on any atom is -0.299 e. The molecule has 0 aromatic heterocycles. The lowest BCUT2D eigenvalue weighted by atomic mass is 9.44. The fourth-order valence-corrected chi connectivity index (χ4v) is 8.71. The highest BCUT2D eigenvalue weighted by Crippen LogP contribution is 2.67. The van der Waals surface area contributed by atoms with Gasteiger partial charge in [-0.05, 0) is 90.8 Å². The molecule has 0 spiro atoms. The van der Waals surface area contributed by atoms with Crippen LogP contribution >= 0.6 is 0 Å². The third-order valence-electron chi connectivity index (χ3n) is 10.8. The maximum atomic E-state index is 13.2. The second-order valence-electron chi connectivity index (χ2n) is 12.4. The van der Waals surface area contributed by atoms with Gasteiger partial charge in [0.05, 0.1) is 0 Å². The highest BCUT2D eigenvalue weighted by molar-refractivity contribution is 5.83. The van der Waals surface area contributed by atoms with Gasteiger partial charge < -0.3 is 0 Å². The maximum Gasteiger partial charge on any atom is 0.136 e. The molecule has 0 aromatic rings. The van der Waals surface area contributed by atoms with Gasteiger partial charge in [-0.25, -0.2) is 0 Å². The molecule has 7 unspecified atom stereocenters. The largest absolute Gasteiger partial charge is 0.299 e. The minimum atomic E-state index is 0.315. The Morgan fingerprint density at radius 2 is 1.59 bits per heavy atom. The van der Waals surface area contributed by atoms with E-state index in [0.29, 0.717) is 40.3 Å². The first-order valence-electron chi connectivity index (χ1n) is 12.9. The first kappa shape index (κ1) is 21.6. The lowest BCUT2D eigenvalue weighted by Crippen LogP contribution is -2.55. The van der Waals surface area contributed by atoms with E-state index in [9.17, 15) is 4.79 Å². The molecule has 0 heterocycles. The zero-order valence-electron chi connectivity index (χ0n) is 20.0. The second-order valence-corrected chi connectivity index (χ2v) is 12.4. The van der Waals surface area contributed by atoms with Crippen LogP contribution in [0.2, 0.25) is 0 Å². The molecule has 0 N–H and O–H groups in total. The monoisotopic (exact) mass is 398 g/mol. The standard InChI is InChI=1S/C28H46O/c1-18(2)19(3)10-11-20(4)22-12-13-23-21-17-26(29)25-9-7-8-15-27(25,5)24(21)14-16-28(22,23)6/h10-11,18-25H,7-9,12-17H2,1-6H3/b11-10+/t19-,20+,21?,22?,23?,24?,25?,27?,28?/m0/s1. The minimum absolute atomic E-state index is 0.315. The molecule has 4 saturated carbocycles. The van der Waals surface area contributed by atoms with Gasteiger partial charge >= 0.3 is 0 Å². The van der Waals surface area contributed by atoms with Gasteiger partial charge in [0, 0.05) is 12.3 Å². The van der Waals surface area contributed by atoms with Crippen LogP contribution < -0.4 is 0 Å². The summed E-state index contributed by atoms with van der Waals surface area (Å²) in [6.45, 7) is 14.6. The predicted molar refractivity (Wildman–Crippen MR) is 123 cm³/mol. The molecular formula is C28H46O. The van der Waals surface area contributed by atoms with E-state index in [0.717, 1.165) is 30.1 Å². The molecule has 4 rings (SSSR count). The summed E-state index contributed by atoms with van der Waals surface area (Å²) >= 11 is 0. The van der Waals surface area contributed by atoms with Crippen molar-refractivity contribution in [3.8, 4) is 0 Å². The van der Waals surface area contributed by atoms with E-state index in [-0.39, 0.29) is 0 Å². The smallest absolute Gasteiger partial charge is 0.136 e. The Hall–Kier alpha value is -0.590. The van der Waals surface area contributed by atoms with Crippen LogP contribution in [0.4, 0.5) is 0 Å². The summed E-state index contributed by atoms with van der Waals surface area (Å²) in [5, 5.41) is 0. The SMILES string of the molecule is CC(C)[C@@H](C)/C=C/[C@@H](C)C1CCC2C3CC(=O)C4CCCCC4(C)C3CCC21C. The van der Waals surface area contributed by atoms with Crippen molar-refractivity contribution < 1.29 is 4.79 Å². The Morgan fingerprint density at radius 1 is 0.862 bits per heavy atom. The molecule has 4 aliphatic carbocycles. The van der Waals surface area contributed by atoms with Gasteiger partial charge in [-0.15, -0.1) is 0 Å². The summed E-state index contributed by atoms with van der Waals surface area (Å²) in [6, 6.07) is 0. The summed E-state index contributed by atoms with van der Waals surface area (Å²) in [7, 11) is 0. The Labute approximate surface area is 180 Å². The Morgan fingerprint density at radius 3 is 2.31 bits per heavy atom. The van der Waals surface area contributed by atoms with E-state index in [1.807, 2.05) is 0 Å². The van der Waals surface area contributed by atoms with E-state index in [1.165, 1.54) is 51.4 Å². The van der Waals surface area contributed by atoms with Crippen LogP contribution in [-0.2, 0) is 4.79 Å². The highest BCUT2D eigenvalue weighted by Gasteiger charge is 2.61. The number of carbonyl (C=O) groups excluding carboxylic acids is 1. The molecule has 0 amide bonds. The van der Waals surface area contributed by atoms with E-state index < -0.39 is 0 Å². The lowest BCUT2D eigenvalue weighted by Gasteiger charge is -2.60. The van der Waals surface area contributed by atoms with E-state index in [1.54, 1.807) is 0 Å². The Bertz CT molecular complexity index is 647.